The van der Waals surface area contributed by atoms with Gasteiger partial charge in [-0.05, 0) is 26.6 Å². The molecule has 0 aromatic heterocycles. The fraction of sp³-hybridized carbons (Fsp3) is 0.667. The van der Waals surface area contributed by atoms with Crippen LogP contribution in [0.1, 0.15) is 6.92 Å². The fourth-order valence-corrected chi connectivity index (χ4v) is 0.602. The summed E-state index contributed by atoms with van der Waals surface area (Å²) >= 11 is 5.41. The van der Waals surface area contributed by atoms with Crippen LogP contribution < -0.4 is 0 Å². The summed E-state index contributed by atoms with van der Waals surface area (Å²) in [7, 11) is 4.04. The SMILES string of the molecule is C/C(=C/Cl)CN(C)C. The molecule has 0 radical (unpaired) electrons. The van der Waals surface area contributed by atoms with E-state index in [1.54, 1.807) is 5.54 Å². The number of hydrogen-bond acceptors (Lipinski definition) is 1. The standard InChI is InChI=1S/C6H12ClN/c1-6(4-7)5-8(2)3/h4H,5H2,1-3H3/b6-4-. The van der Waals surface area contributed by atoms with Gasteiger partial charge in [0.2, 0.25) is 0 Å². The van der Waals surface area contributed by atoms with Crippen molar-refractivity contribution in [1.82, 2.24) is 4.90 Å². The zero-order chi connectivity index (χ0) is 6.57. The Labute approximate surface area is 55.9 Å². The molecule has 8 heavy (non-hydrogen) atoms. The number of likely N-dealkylation sites (N-methyl/N-ethyl adjacent to an activating group) is 1. The predicted octanol–water partition coefficient (Wildman–Crippen LogP) is 1.69. The molecule has 0 saturated heterocycles. The molecule has 48 valence electrons. The van der Waals surface area contributed by atoms with Gasteiger partial charge in [0.25, 0.3) is 0 Å². The highest BCUT2D eigenvalue weighted by Crippen LogP contribution is 1.94. The van der Waals surface area contributed by atoms with Crippen molar-refractivity contribution in [3.05, 3.63) is 11.1 Å². The Morgan fingerprint density at radius 3 is 2.25 bits per heavy atom. The molecule has 0 atom stereocenters. The van der Waals surface area contributed by atoms with Crippen LogP contribution in [0.5, 0.6) is 0 Å². The van der Waals surface area contributed by atoms with Gasteiger partial charge in [-0.15, -0.1) is 0 Å². The summed E-state index contributed by atoms with van der Waals surface area (Å²) < 4.78 is 0. The summed E-state index contributed by atoms with van der Waals surface area (Å²) in [5.41, 5.74) is 2.80. The average Bonchev–Trinajstić information content (AvgIpc) is 1.65. The van der Waals surface area contributed by atoms with Crippen LogP contribution in [0.25, 0.3) is 0 Å². The molecule has 0 aromatic rings. The second-order valence-electron chi connectivity index (χ2n) is 2.19. The largest absolute Gasteiger partial charge is 0.305 e. The molecule has 0 rings (SSSR count). The topological polar surface area (TPSA) is 3.24 Å². The first kappa shape index (κ1) is 7.99. The van der Waals surface area contributed by atoms with Crippen LogP contribution in [0, 0.1) is 0 Å². The van der Waals surface area contributed by atoms with E-state index in [0.29, 0.717) is 0 Å². The maximum absolute atomic E-state index is 5.41. The maximum Gasteiger partial charge on any atom is 0.0195 e. The summed E-state index contributed by atoms with van der Waals surface area (Å²) in [6.45, 7) is 2.95. The highest BCUT2D eigenvalue weighted by molar-refractivity contribution is 6.25. The normalized spacial score (nSPS) is 12.9. The number of nitrogens with zero attached hydrogens (tertiary/aromatic N) is 1. The van der Waals surface area contributed by atoms with Crippen LogP contribution in [0.3, 0.4) is 0 Å². The Morgan fingerprint density at radius 1 is 1.62 bits per heavy atom. The van der Waals surface area contributed by atoms with E-state index < -0.39 is 0 Å². The number of hydrogen-bond donors (Lipinski definition) is 0. The lowest BCUT2D eigenvalue weighted by molar-refractivity contribution is 0.445. The van der Waals surface area contributed by atoms with E-state index in [0.717, 1.165) is 6.54 Å². The average molecular weight is 134 g/mol. The molecule has 0 bridgehead atoms. The third-order valence-corrected chi connectivity index (χ3v) is 1.12. The first-order chi connectivity index (χ1) is 3.66. The van der Waals surface area contributed by atoms with Crippen LogP contribution >= 0.6 is 11.6 Å². The van der Waals surface area contributed by atoms with Crippen LogP contribution in [0.15, 0.2) is 11.1 Å². The van der Waals surface area contributed by atoms with Crippen molar-refractivity contribution in [3.63, 3.8) is 0 Å². The number of halogens is 1. The molecule has 0 aliphatic rings. The molecular weight excluding hydrogens is 122 g/mol. The molecule has 0 saturated carbocycles. The minimum absolute atomic E-state index is 0.948. The molecule has 0 fully saturated rings. The van der Waals surface area contributed by atoms with E-state index in [4.69, 9.17) is 11.6 Å². The van der Waals surface area contributed by atoms with Crippen LogP contribution in [-0.4, -0.2) is 25.5 Å². The van der Waals surface area contributed by atoms with Crippen molar-refractivity contribution in [2.24, 2.45) is 0 Å². The van der Waals surface area contributed by atoms with Gasteiger partial charge in [0.15, 0.2) is 0 Å². The summed E-state index contributed by atoms with van der Waals surface area (Å²) in [5, 5.41) is 0. The summed E-state index contributed by atoms with van der Waals surface area (Å²) in [6, 6.07) is 0. The van der Waals surface area contributed by atoms with E-state index in [2.05, 4.69) is 4.90 Å². The summed E-state index contributed by atoms with van der Waals surface area (Å²) in [5.74, 6) is 0. The van der Waals surface area contributed by atoms with Gasteiger partial charge in [-0.25, -0.2) is 0 Å². The van der Waals surface area contributed by atoms with Crippen molar-refractivity contribution in [2.75, 3.05) is 20.6 Å². The lowest BCUT2D eigenvalue weighted by Gasteiger charge is -2.07. The monoisotopic (exact) mass is 133 g/mol. The van der Waals surface area contributed by atoms with Gasteiger partial charge in [0.1, 0.15) is 0 Å². The Bertz CT molecular complexity index is 86.5. The molecule has 0 amide bonds. The molecule has 0 spiro atoms. The van der Waals surface area contributed by atoms with Crippen LogP contribution in [0.2, 0.25) is 0 Å². The summed E-state index contributed by atoms with van der Waals surface area (Å²) in [6.07, 6.45) is 0. The highest BCUT2D eigenvalue weighted by Gasteiger charge is 1.88. The molecule has 0 heterocycles. The smallest absolute Gasteiger partial charge is 0.0195 e. The van der Waals surface area contributed by atoms with E-state index >= 15 is 0 Å². The van der Waals surface area contributed by atoms with Crippen molar-refractivity contribution in [1.29, 1.82) is 0 Å². The van der Waals surface area contributed by atoms with Gasteiger partial charge in [-0.3, -0.25) is 0 Å². The van der Waals surface area contributed by atoms with Gasteiger partial charge in [0.05, 0.1) is 0 Å². The van der Waals surface area contributed by atoms with Crippen LogP contribution in [-0.2, 0) is 0 Å². The quantitative estimate of drug-likeness (QED) is 0.554. The lowest BCUT2D eigenvalue weighted by atomic mass is 10.3. The van der Waals surface area contributed by atoms with Crippen molar-refractivity contribution in [2.45, 2.75) is 6.92 Å². The molecule has 1 nitrogen and oxygen atoms in total. The first-order valence-electron chi connectivity index (χ1n) is 2.57. The van der Waals surface area contributed by atoms with E-state index in [1.807, 2.05) is 21.0 Å². The van der Waals surface area contributed by atoms with E-state index in [-0.39, 0.29) is 0 Å². The van der Waals surface area contributed by atoms with Gasteiger partial charge in [-0.2, -0.15) is 0 Å². The van der Waals surface area contributed by atoms with Crippen molar-refractivity contribution >= 4 is 11.6 Å². The molecule has 2 heteroatoms. The Morgan fingerprint density at radius 2 is 2.12 bits per heavy atom. The van der Waals surface area contributed by atoms with Gasteiger partial charge < -0.3 is 4.90 Å². The Kier molecular flexibility index (Phi) is 3.92. The number of rotatable bonds is 2. The highest BCUT2D eigenvalue weighted by atomic mass is 35.5. The zero-order valence-electron chi connectivity index (χ0n) is 5.61. The van der Waals surface area contributed by atoms with Gasteiger partial charge >= 0.3 is 0 Å². The zero-order valence-corrected chi connectivity index (χ0v) is 6.37. The first-order valence-corrected chi connectivity index (χ1v) is 3.01. The predicted molar refractivity (Wildman–Crippen MR) is 38.2 cm³/mol. The Hall–Kier alpha value is -0.0100. The fourth-order valence-electron chi connectivity index (χ4n) is 0.533. The second-order valence-corrected chi connectivity index (χ2v) is 2.41. The molecule has 0 aliphatic heterocycles. The third-order valence-electron chi connectivity index (χ3n) is 0.752. The molecule has 0 aromatic carbocycles. The van der Waals surface area contributed by atoms with Gasteiger partial charge in [-0.1, -0.05) is 11.6 Å². The van der Waals surface area contributed by atoms with Gasteiger partial charge in [0, 0.05) is 12.1 Å². The minimum atomic E-state index is 0.948. The van der Waals surface area contributed by atoms with Crippen molar-refractivity contribution in [3.8, 4) is 0 Å². The molecule has 0 N–H and O–H groups in total. The maximum atomic E-state index is 5.41. The van der Waals surface area contributed by atoms with Crippen LogP contribution in [0.4, 0.5) is 0 Å². The minimum Gasteiger partial charge on any atom is -0.305 e. The van der Waals surface area contributed by atoms with E-state index in [1.165, 1.54) is 5.57 Å². The Balaban J connectivity index is 3.39. The second kappa shape index (κ2) is 3.93. The third kappa shape index (κ3) is 4.16. The lowest BCUT2D eigenvalue weighted by Crippen LogP contribution is -2.13. The molecular formula is C6H12ClN. The van der Waals surface area contributed by atoms with Crippen molar-refractivity contribution < 1.29 is 0 Å². The molecule has 0 aliphatic carbocycles. The van der Waals surface area contributed by atoms with E-state index in [9.17, 15) is 0 Å². The molecule has 0 unspecified atom stereocenters. The summed E-state index contributed by atoms with van der Waals surface area (Å²) in [4.78, 5) is 2.08.